The van der Waals surface area contributed by atoms with Crippen LogP contribution in [0.3, 0.4) is 0 Å². The van der Waals surface area contributed by atoms with Gasteiger partial charge in [0.15, 0.2) is 0 Å². The van der Waals surface area contributed by atoms with Crippen LogP contribution in [0.5, 0.6) is 5.75 Å². The lowest BCUT2D eigenvalue weighted by molar-refractivity contribution is 0.476. The number of benzene rings is 3. The van der Waals surface area contributed by atoms with E-state index in [9.17, 15) is 13.5 Å². The summed E-state index contributed by atoms with van der Waals surface area (Å²) in [5.41, 5.74) is 2.17. The molecule has 0 fully saturated rings. The van der Waals surface area contributed by atoms with E-state index in [1.807, 2.05) is 44.4 Å². The molecule has 1 aromatic heterocycles. The molecule has 28 heavy (non-hydrogen) atoms. The van der Waals surface area contributed by atoms with Gasteiger partial charge in [-0.05, 0) is 50.0 Å². The molecule has 3 aromatic carbocycles. The van der Waals surface area contributed by atoms with E-state index in [4.69, 9.17) is 0 Å². The van der Waals surface area contributed by atoms with Gasteiger partial charge in [0.1, 0.15) is 5.75 Å². The Hall–Kier alpha value is -3.09. The van der Waals surface area contributed by atoms with Crippen molar-refractivity contribution < 1.29 is 13.5 Å². The van der Waals surface area contributed by atoms with Crippen LogP contribution >= 0.6 is 0 Å². The average Bonchev–Trinajstić information content (AvgIpc) is 3.09. The Labute approximate surface area is 164 Å². The first-order valence-corrected chi connectivity index (χ1v) is 10.2. The summed E-state index contributed by atoms with van der Waals surface area (Å²) < 4.78 is 27.4. The number of hydrogen-bond donors (Lipinski definition) is 2. The highest BCUT2D eigenvalue weighted by atomic mass is 32.2. The van der Waals surface area contributed by atoms with E-state index in [-0.39, 0.29) is 10.6 Å². The van der Waals surface area contributed by atoms with Crippen molar-refractivity contribution in [1.82, 2.24) is 9.29 Å². The third kappa shape index (κ3) is 3.78. The van der Waals surface area contributed by atoms with Crippen LogP contribution in [0.15, 0.2) is 90.0 Å². The summed E-state index contributed by atoms with van der Waals surface area (Å²) >= 11 is 0. The number of rotatable bonds is 3. The highest BCUT2D eigenvalue weighted by molar-refractivity contribution is 7.90. The number of fused-ring (bicyclic) bond motifs is 1. The summed E-state index contributed by atoms with van der Waals surface area (Å²) in [5.74, 6) is 0.0968. The van der Waals surface area contributed by atoms with Crippen molar-refractivity contribution >= 4 is 20.9 Å². The van der Waals surface area contributed by atoms with Crippen LogP contribution in [0.4, 0.5) is 0 Å². The molecule has 6 heteroatoms. The molecule has 0 saturated carbocycles. The highest BCUT2D eigenvalue weighted by Crippen LogP contribution is 2.34. The quantitative estimate of drug-likeness (QED) is 0.549. The Bertz CT molecular complexity index is 1170. The van der Waals surface area contributed by atoms with Gasteiger partial charge in [0.2, 0.25) is 0 Å². The predicted octanol–water partition coefficient (Wildman–Crippen LogP) is 4.09. The second kappa shape index (κ2) is 8.29. The fourth-order valence-corrected chi connectivity index (χ4v) is 4.33. The molecule has 0 aliphatic carbocycles. The van der Waals surface area contributed by atoms with Gasteiger partial charge in [-0.3, -0.25) is 0 Å². The number of nitrogens with one attached hydrogen (secondary N) is 1. The maximum absolute atomic E-state index is 13.1. The first kappa shape index (κ1) is 19.7. The fraction of sp³-hybridized carbons (Fsp3) is 0.0909. The van der Waals surface area contributed by atoms with Crippen molar-refractivity contribution in [1.29, 1.82) is 0 Å². The second-order valence-corrected chi connectivity index (χ2v) is 8.04. The minimum Gasteiger partial charge on any atom is -0.508 e. The Morgan fingerprint density at radius 3 is 2.04 bits per heavy atom. The largest absolute Gasteiger partial charge is 0.508 e. The Morgan fingerprint density at radius 2 is 1.43 bits per heavy atom. The van der Waals surface area contributed by atoms with E-state index in [2.05, 4.69) is 5.32 Å². The number of aromatic hydroxyl groups is 1. The molecule has 0 aliphatic heterocycles. The van der Waals surface area contributed by atoms with Crippen molar-refractivity contribution in [2.75, 3.05) is 14.1 Å². The first-order valence-electron chi connectivity index (χ1n) is 8.77. The van der Waals surface area contributed by atoms with Crippen LogP contribution in [0.2, 0.25) is 0 Å². The molecule has 0 bridgehead atoms. The van der Waals surface area contributed by atoms with E-state index in [0.29, 0.717) is 10.9 Å². The van der Waals surface area contributed by atoms with Gasteiger partial charge in [-0.1, -0.05) is 48.5 Å². The highest BCUT2D eigenvalue weighted by Gasteiger charge is 2.21. The Balaban J connectivity index is 0.000000706. The van der Waals surface area contributed by atoms with Gasteiger partial charge in [-0.25, -0.2) is 12.4 Å². The SMILES string of the molecule is CNC.O=S(=O)(c1ccccc1)n1cc(-c2ccccc2)c2cc(O)ccc21. The molecular weight excluding hydrogens is 372 g/mol. The molecule has 144 valence electrons. The Kier molecular flexibility index (Phi) is 5.82. The van der Waals surface area contributed by atoms with Gasteiger partial charge in [0.05, 0.1) is 10.4 Å². The number of phenols is 1. The summed E-state index contributed by atoms with van der Waals surface area (Å²) in [6.07, 6.45) is 1.61. The third-order valence-electron chi connectivity index (χ3n) is 4.14. The molecule has 0 atom stereocenters. The smallest absolute Gasteiger partial charge is 0.268 e. The molecule has 0 saturated heterocycles. The van der Waals surface area contributed by atoms with E-state index < -0.39 is 10.0 Å². The molecule has 0 unspecified atom stereocenters. The molecule has 4 rings (SSSR count). The molecule has 0 radical (unpaired) electrons. The van der Waals surface area contributed by atoms with Gasteiger partial charge < -0.3 is 10.4 Å². The number of nitrogens with zero attached hydrogens (tertiary/aromatic N) is 1. The minimum atomic E-state index is -3.73. The maximum Gasteiger partial charge on any atom is 0.268 e. The second-order valence-electron chi connectivity index (χ2n) is 6.22. The van der Waals surface area contributed by atoms with Gasteiger partial charge in [-0.2, -0.15) is 0 Å². The summed E-state index contributed by atoms with van der Waals surface area (Å²) in [6, 6.07) is 22.6. The predicted molar refractivity (Wildman–Crippen MR) is 113 cm³/mol. The lowest BCUT2D eigenvalue weighted by Gasteiger charge is -2.07. The lowest BCUT2D eigenvalue weighted by atomic mass is 10.1. The zero-order chi connectivity index (χ0) is 20.1. The number of aromatic nitrogens is 1. The molecule has 1 heterocycles. The van der Waals surface area contributed by atoms with Crippen LogP contribution in [-0.2, 0) is 10.0 Å². The van der Waals surface area contributed by atoms with E-state index >= 15 is 0 Å². The molecule has 0 spiro atoms. The van der Waals surface area contributed by atoms with Gasteiger partial charge in [-0.15, -0.1) is 0 Å². The van der Waals surface area contributed by atoms with Gasteiger partial charge in [0.25, 0.3) is 10.0 Å². The average molecular weight is 394 g/mol. The van der Waals surface area contributed by atoms with Crippen molar-refractivity contribution in [3.05, 3.63) is 85.1 Å². The summed E-state index contributed by atoms with van der Waals surface area (Å²) in [6.45, 7) is 0. The number of phenolic OH excluding ortho intramolecular Hbond substituents is 1. The van der Waals surface area contributed by atoms with Crippen molar-refractivity contribution in [2.24, 2.45) is 0 Å². The van der Waals surface area contributed by atoms with E-state index in [1.165, 1.54) is 10.0 Å². The zero-order valence-corrected chi connectivity index (χ0v) is 16.5. The normalized spacial score (nSPS) is 11.1. The summed E-state index contributed by atoms with van der Waals surface area (Å²) in [7, 11) is 0.0194. The topological polar surface area (TPSA) is 71.3 Å². The van der Waals surface area contributed by atoms with Crippen LogP contribution in [0, 0.1) is 0 Å². The summed E-state index contributed by atoms with van der Waals surface area (Å²) in [4.78, 5) is 0.222. The van der Waals surface area contributed by atoms with Crippen LogP contribution < -0.4 is 5.32 Å². The third-order valence-corrected chi connectivity index (χ3v) is 5.83. The molecule has 0 aliphatic rings. The first-order chi connectivity index (χ1) is 13.5. The van der Waals surface area contributed by atoms with Crippen molar-refractivity contribution in [2.45, 2.75) is 4.90 Å². The standard InChI is InChI=1S/C20H15NO3S.C2H7N/c22-16-11-12-20-18(13-16)19(15-7-3-1-4-8-15)14-21(20)25(23,24)17-9-5-2-6-10-17;1-3-2/h1-14,22H;3H,1-2H3. The Morgan fingerprint density at radius 1 is 0.857 bits per heavy atom. The van der Waals surface area contributed by atoms with Crippen LogP contribution in [0.25, 0.3) is 22.0 Å². The van der Waals surface area contributed by atoms with Crippen molar-refractivity contribution in [3.8, 4) is 16.9 Å². The van der Waals surface area contributed by atoms with Crippen LogP contribution in [-0.4, -0.2) is 31.6 Å². The van der Waals surface area contributed by atoms with Gasteiger partial charge in [0, 0.05) is 17.1 Å². The monoisotopic (exact) mass is 394 g/mol. The molecule has 0 amide bonds. The molecule has 5 nitrogen and oxygen atoms in total. The van der Waals surface area contributed by atoms with Crippen LogP contribution in [0.1, 0.15) is 0 Å². The van der Waals surface area contributed by atoms with E-state index in [0.717, 1.165) is 11.1 Å². The molecule has 4 aromatic rings. The summed E-state index contributed by atoms with van der Waals surface area (Å²) in [5, 5.41) is 13.3. The lowest BCUT2D eigenvalue weighted by Crippen LogP contribution is -2.11. The molecule has 2 N–H and O–H groups in total. The fourth-order valence-electron chi connectivity index (χ4n) is 2.94. The zero-order valence-electron chi connectivity index (χ0n) is 15.7. The maximum atomic E-state index is 13.1. The number of hydrogen-bond acceptors (Lipinski definition) is 4. The van der Waals surface area contributed by atoms with Gasteiger partial charge >= 0.3 is 0 Å². The van der Waals surface area contributed by atoms with Crippen molar-refractivity contribution in [3.63, 3.8) is 0 Å². The minimum absolute atomic E-state index is 0.0968. The van der Waals surface area contributed by atoms with E-state index in [1.54, 1.807) is 48.7 Å². The molecular formula is C22H22N2O3S.